The number of hydrogen-bond acceptors (Lipinski definition) is 3. The predicted molar refractivity (Wildman–Crippen MR) is 80.1 cm³/mol. The van der Waals surface area contributed by atoms with Gasteiger partial charge in [-0.25, -0.2) is 9.59 Å². The molecular weight excluding hydrogens is 272 g/mol. The summed E-state index contributed by atoms with van der Waals surface area (Å²) in [6.45, 7) is 8.54. The highest BCUT2D eigenvalue weighted by atomic mass is 16.4. The summed E-state index contributed by atoms with van der Waals surface area (Å²) in [5, 5.41) is 18.5. The summed E-state index contributed by atoms with van der Waals surface area (Å²) >= 11 is 0. The van der Waals surface area contributed by atoms with Crippen LogP contribution in [-0.4, -0.2) is 63.8 Å². The Balaban J connectivity index is 2.98. The zero-order chi connectivity index (χ0) is 16.2. The van der Waals surface area contributed by atoms with Gasteiger partial charge in [-0.2, -0.15) is 0 Å². The Morgan fingerprint density at radius 3 is 2.48 bits per heavy atom. The number of amides is 2. The number of likely N-dealkylation sites (tertiary alicyclic amines) is 1. The number of rotatable bonds is 5. The first kappa shape index (κ1) is 17.8. The van der Waals surface area contributed by atoms with Crippen molar-refractivity contribution in [3.8, 4) is 0 Å². The summed E-state index contributed by atoms with van der Waals surface area (Å²) in [4.78, 5) is 27.5. The lowest BCUT2D eigenvalue weighted by atomic mass is 9.76. The maximum absolute atomic E-state index is 12.8. The largest absolute Gasteiger partial charge is 0.480 e. The van der Waals surface area contributed by atoms with Crippen molar-refractivity contribution in [1.82, 2.24) is 9.80 Å². The van der Waals surface area contributed by atoms with Gasteiger partial charge in [0.2, 0.25) is 0 Å². The molecule has 1 atom stereocenters. The Kier molecular flexibility index (Phi) is 6.01. The molecule has 0 aromatic heterocycles. The minimum Gasteiger partial charge on any atom is -0.480 e. The van der Waals surface area contributed by atoms with Gasteiger partial charge in [0.15, 0.2) is 0 Å². The zero-order valence-electron chi connectivity index (χ0n) is 13.5. The second-order valence-corrected chi connectivity index (χ2v) is 6.67. The van der Waals surface area contributed by atoms with Gasteiger partial charge in [0.05, 0.1) is 0 Å². The lowest BCUT2D eigenvalue weighted by Crippen LogP contribution is -2.60. The van der Waals surface area contributed by atoms with Gasteiger partial charge in [-0.05, 0) is 38.5 Å². The van der Waals surface area contributed by atoms with Crippen molar-refractivity contribution in [3.05, 3.63) is 0 Å². The maximum atomic E-state index is 12.8. The molecule has 1 aliphatic rings. The number of carboxylic acids is 1. The van der Waals surface area contributed by atoms with Gasteiger partial charge < -0.3 is 20.0 Å². The van der Waals surface area contributed by atoms with E-state index < -0.39 is 17.4 Å². The normalized spacial score (nSPS) is 21.4. The molecule has 6 nitrogen and oxygen atoms in total. The number of carbonyl (C=O) groups excluding carboxylic acids is 1. The van der Waals surface area contributed by atoms with Gasteiger partial charge in [-0.15, -0.1) is 0 Å². The van der Waals surface area contributed by atoms with E-state index in [1.54, 1.807) is 4.90 Å². The Hall–Kier alpha value is -1.30. The number of hydrogen-bond donors (Lipinski definition) is 2. The van der Waals surface area contributed by atoms with Crippen molar-refractivity contribution < 1.29 is 19.8 Å². The Morgan fingerprint density at radius 1 is 1.38 bits per heavy atom. The minimum absolute atomic E-state index is 0.0182. The maximum Gasteiger partial charge on any atom is 0.327 e. The third-order valence-corrected chi connectivity index (χ3v) is 4.18. The molecule has 0 aromatic rings. The van der Waals surface area contributed by atoms with Crippen molar-refractivity contribution >= 4 is 12.0 Å². The molecule has 0 spiro atoms. The number of carboxylic acid groups (broad SMARTS) is 1. The first-order valence-electron chi connectivity index (χ1n) is 7.63. The molecule has 122 valence electrons. The van der Waals surface area contributed by atoms with Crippen LogP contribution in [0.5, 0.6) is 0 Å². The van der Waals surface area contributed by atoms with Gasteiger partial charge in [0.25, 0.3) is 0 Å². The van der Waals surface area contributed by atoms with E-state index in [9.17, 15) is 14.7 Å². The quantitative estimate of drug-likeness (QED) is 0.811. The number of urea groups is 1. The number of carbonyl (C=O) groups is 2. The number of aliphatic hydroxyl groups is 1. The van der Waals surface area contributed by atoms with Crippen molar-refractivity contribution in [3.63, 3.8) is 0 Å². The van der Waals surface area contributed by atoms with Crippen LogP contribution in [0.4, 0.5) is 4.79 Å². The second-order valence-electron chi connectivity index (χ2n) is 6.67. The van der Waals surface area contributed by atoms with E-state index in [1.807, 2.05) is 27.7 Å². The molecule has 0 radical (unpaired) electrons. The van der Waals surface area contributed by atoms with E-state index in [1.165, 1.54) is 4.90 Å². The molecule has 0 saturated carbocycles. The van der Waals surface area contributed by atoms with E-state index in [-0.39, 0.29) is 18.7 Å². The van der Waals surface area contributed by atoms with Gasteiger partial charge >= 0.3 is 12.0 Å². The van der Waals surface area contributed by atoms with Crippen LogP contribution in [0.25, 0.3) is 0 Å². The Morgan fingerprint density at radius 2 is 2.00 bits per heavy atom. The molecule has 1 aliphatic heterocycles. The smallest absolute Gasteiger partial charge is 0.327 e. The van der Waals surface area contributed by atoms with E-state index in [2.05, 4.69) is 0 Å². The van der Waals surface area contributed by atoms with E-state index in [0.29, 0.717) is 19.5 Å². The van der Waals surface area contributed by atoms with Crippen LogP contribution in [0.3, 0.4) is 0 Å². The summed E-state index contributed by atoms with van der Waals surface area (Å²) in [6, 6.07) is -1.06. The summed E-state index contributed by atoms with van der Waals surface area (Å²) in [7, 11) is 0. The summed E-state index contributed by atoms with van der Waals surface area (Å²) in [5.41, 5.74) is -0.431. The SMILES string of the molecule is CC(C)N(CCCO)C(=O)N1CCCC(C)(C)C1C(=O)O. The molecule has 6 heteroatoms. The highest BCUT2D eigenvalue weighted by molar-refractivity contribution is 5.83. The molecule has 2 N–H and O–H groups in total. The highest BCUT2D eigenvalue weighted by Crippen LogP contribution is 2.36. The molecule has 0 aromatic carbocycles. The third kappa shape index (κ3) is 4.09. The highest BCUT2D eigenvalue weighted by Gasteiger charge is 2.45. The van der Waals surface area contributed by atoms with Crippen LogP contribution in [0.1, 0.15) is 47.0 Å². The van der Waals surface area contributed by atoms with Crippen molar-refractivity contribution in [2.24, 2.45) is 5.41 Å². The van der Waals surface area contributed by atoms with Crippen LogP contribution in [-0.2, 0) is 4.79 Å². The van der Waals surface area contributed by atoms with Gasteiger partial charge in [0.1, 0.15) is 6.04 Å². The van der Waals surface area contributed by atoms with Crippen LogP contribution in [0.15, 0.2) is 0 Å². The lowest BCUT2D eigenvalue weighted by molar-refractivity contribution is -0.148. The second kappa shape index (κ2) is 7.11. The molecular formula is C15H28N2O4. The number of aliphatic hydroxyl groups excluding tert-OH is 1. The van der Waals surface area contributed by atoms with E-state index in [4.69, 9.17) is 5.11 Å². The van der Waals surface area contributed by atoms with Gasteiger partial charge in [0, 0.05) is 25.7 Å². The molecule has 21 heavy (non-hydrogen) atoms. The fraction of sp³-hybridized carbons (Fsp3) is 0.867. The fourth-order valence-corrected chi connectivity index (χ4v) is 3.05. The molecule has 1 heterocycles. The molecule has 0 bridgehead atoms. The number of nitrogens with zero attached hydrogens (tertiary/aromatic N) is 2. The minimum atomic E-state index is -0.945. The van der Waals surface area contributed by atoms with Crippen molar-refractivity contribution in [2.45, 2.75) is 59.0 Å². The Bertz CT molecular complexity index is 382. The standard InChI is InChI=1S/C15H28N2O4/c1-11(2)16(9-6-10-18)14(21)17-8-5-7-15(3,4)12(17)13(19)20/h11-12,18H,5-10H2,1-4H3,(H,19,20). The molecule has 1 fully saturated rings. The number of aliphatic carboxylic acids is 1. The molecule has 1 rings (SSSR count). The molecule has 1 saturated heterocycles. The van der Waals surface area contributed by atoms with Crippen LogP contribution >= 0.6 is 0 Å². The van der Waals surface area contributed by atoms with E-state index in [0.717, 1.165) is 12.8 Å². The predicted octanol–water partition coefficient (Wildman–Crippen LogP) is 1.77. The van der Waals surface area contributed by atoms with Crippen molar-refractivity contribution in [1.29, 1.82) is 0 Å². The zero-order valence-corrected chi connectivity index (χ0v) is 13.5. The van der Waals surface area contributed by atoms with Gasteiger partial charge in [-0.3, -0.25) is 0 Å². The average Bonchev–Trinajstić information content (AvgIpc) is 2.36. The summed E-state index contributed by atoms with van der Waals surface area (Å²) < 4.78 is 0. The first-order valence-corrected chi connectivity index (χ1v) is 7.63. The molecule has 0 aliphatic carbocycles. The summed E-state index contributed by atoms with van der Waals surface area (Å²) in [5.74, 6) is -0.945. The van der Waals surface area contributed by atoms with Crippen LogP contribution in [0, 0.1) is 5.41 Å². The van der Waals surface area contributed by atoms with Crippen LogP contribution in [0.2, 0.25) is 0 Å². The topological polar surface area (TPSA) is 81.1 Å². The average molecular weight is 300 g/mol. The lowest BCUT2D eigenvalue weighted by Gasteiger charge is -2.46. The molecule has 1 unspecified atom stereocenters. The molecule has 2 amide bonds. The monoisotopic (exact) mass is 300 g/mol. The first-order chi connectivity index (χ1) is 9.72. The Labute approximate surface area is 126 Å². The third-order valence-electron chi connectivity index (χ3n) is 4.18. The number of piperidine rings is 1. The van der Waals surface area contributed by atoms with Gasteiger partial charge in [-0.1, -0.05) is 13.8 Å². The summed E-state index contributed by atoms with van der Waals surface area (Å²) in [6.07, 6.45) is 2.11. The van der Waals surface area contributed by atoms with Crippen molar-refractivity contribution in [2.75, 3.05) is 19.7 Å². The van der Waals surface area contributed by atoms with E-state index >= 15 is 0 Å². The van der Waals surface area contributed by atoms with Crippen LogP contribution < -0.4 is 0 Å². The fourth-order valence-electron chi connectivity index (χ4n) is 3.05.